The number of rotatable bonds is 6. The number of aromatic nitrogens is 3. The van der Waals surface area contributed by atoms with E-state index in [0.717, 1.165) is 54.7 Å². The molecular formula is C23H26N4O2. The largest absolute Gasteiger partial charge is 0.469 e. The van der Waals surface area contributed by atoms with Gasteiger partial charge in [0.25, 0.3) is 0 Å². The summed E-state index contributed by atoms with van der Waals surface area (Å²) in [6, 6.07) is 14.5. The van der Waals surface area contributed by atoms with Gasteiger partial charge in [-0.3, -0.25) is 9.78 Å². The Kier molecular flexibility index (Phi) is 6.00. The Hall–Kier alpha value is -2.99. The van der Waals surface area contributed by atoms with Gasteiger partial charge in [0, 0.05) is 42.3 Å². The molecule has 0 amide bonds. The first-order valence-corrected chi connectivity index (χ1v) is 10.1. The molecule has 0 unspecified atom stereocenters. The number of hydrogen-bond donors (Lipinski definition) is 1. The van der Waals surface area contributed by atoms with Gasteiger partial charge in [0.05, 0.1) is 24.4 Å². The SMILES string of the molecule is COC(=O)C1CCC(NCc2cn(-c3ccccc3)nc2-c2ccncc2)CC1. The summed E-state index contributed by atoms with van der Waals surface area (Å²) in [5, 5.41) is 8.52. The molecular weight excluding hydrogens is 364 g/mol. The fourth-order valence-electron chi connectivity index (χ4n) is 3.96. The molecule has 1 N–H and O–H groups in total. The first kappa shape index (κ1) is 19.3. The fourth-order valence-corrected chi connectivity index (χ4v) is 3.96. The minimum Gasteiger partial charge on any atom is -0.469 e. The van der Waals surface area contributed by atoms with Crippen LogP contribution in [0.5, 0.6) is 0 Å². The summed E-state index contributed by atoms with van der Waals surface area (Å²) in [4.78, 5) is 15.9. The molecule has 6 nitrogen and oxygen atoms in total. The monoisotopic (exact) mass is 390 g/mol. The van der Waals surface area contributed by atoms with Crippen LogP contribution in [0.25, 0.3) is 16.9 Å². The molecule has 0 saturated heterocycles. The van der Waals surface area contributed by atoms with Crippen molar-refractivity contribution in [2.75, 3.05) is 7.11 Å². The van der Waals surface area contributed by atoms with Crippen LogP contribution in [0.15, 0.2) is 61.1 Å². The van der Waals surface area contributed by atoms with E-state index in [1.807, 2.05) is 35.0 Å². The third-order valence-electron chi connectivity index (χ3n) is 5.61. The Morgan fingerprint density at radius 3 is 2.52 bits per heavy atom. The van der Waals surface area contributed by atoms with Crippen molar-refractivity contribution in [1.29, 1.82) is 0 Å². The standard InChI is InChI=1S/C23H26N4O2/c1-29-23(28)18-7-9-20(10-8-18)25-15-19-16-27(21-5-3-2-4-6-21)26-22(19)17-11-13-24-14-12-17/h2-6,11-14,16,18,20,25H,7-10,15H2,1H3. The van der Waals surface area contributed by atoms with Gasteiger partial charge in [-0.1, -0.05) is 18.2 Å². The number of benzene rings is 1. The number of carbonyl (C=O) groups excluding carboxylic acids is 1. The molecule has 2 heterocycles. The zero-order valence-corrected chi connectivity index (χ0v) is 16.6. The molecule has 0 atom stereocenters. The fraction of sp³-hybridized carbons (Fsp3) is 0.348. The number of carbonyl (C=O) groups is 1. The topological polar surface area (TPSA) is 69.0 Å². The summed E-state index contributed by atoms with van der Waals surface area (Å²) in [7, 11) is 1.47. The molecule has 0 radical (unpaired) electrons. The van der Waals surface area contributed by atoms with Crippen molar-refractivity contribution >= 4 is 5.97 Å². The van der Waals surface area contributed by atoms with Gasteiger partial charge >= 0.3 is 5.97 Å². The van der Waals surface area contributed by atoms with Crippen molar-refractivity contribution in [2.45, 2.75) is 38.3 Å². The normalized spacial score (nSPS) is 19.1. The van der Waals surface area contributed by atoms with Crippen molar-refractivity contribution in [3.63, 3.8) is 0 Å². The van der Waals surface area contributed by atoms with Crippen LogP contribution >= 0.6 is 0 Å². The lowest BCUT2D eigenvalue weighted by atomic mass is 9.86. The second-order valence-electron chi connectivity index (χ2n) is 7.47. The number of ether oxygens (including phenoxy) is 1. The summed E-state index contributed by atoms with van der Waals surface area (Å²) in [6.45, 7) is 0.734. The van der Waals surface area contributed by atoms with Crippen molar-refractivity contribution in [2.24, 2.45) is 5.92 Å². The molecule has 6 heteroatoms. The molecule has 29 heavy (non-hydrogen) atoms. The highest BCUT2D eigenvalue weighted by atomic mass is 16.5. The highest BCUT2D eigenvalue weighted by Crippen LogP contribution is 2.27. The lowest BCUT2D eigenvalue weighted by molar-refractivity contribution is -0.146. The van der Waals surface area contributed by atoms with E-state index in [0.29, 0.717) is 6.04 Å². The Bertz CT molecular complexity index is 932. The molecule has 0 bridgehead atoms. The maximum atomic E-state index is 11.7. The van der Waals surface area contributed by atoms with Crippen LogP contribution in [0.4, 0.5) is 0 Å². The van der Waals surface area contributed by atoms with Gasteiger partial charge in [-0.25, -0.2) is 4.68 Å². The van der Waals surface area contributed by atoms with E-state index in [9.17, 15) is 4.79 Å². The molecule has 1 fully saturated rings. The Morgan fingerprint density at radius 1 is 1.10 bits per heavy atom. The second-order valence-corrected chi connectivity index (χ2v) is 7.47. The minimum absolute atomic E-state index is 0.0475. The third kappa shape index (κ3) is 4.54. The van der Waals surface area contributed by atoms with E-state index in [4.69, 9.17) is 9.84 Å². The van der Waals surface area contributed by atoms with E-state index in [1.54, 1.807) is 12.4 Å². The summed E-state index contributed by atoms with van der Waals surface area (Å²) >= 11 is 0. The van der Waals surface area contributed by atoms with E-state index in [1.165, 1.54) is 7.11 Å². The highest BCUT2D eigenvalue weighted by molar-refractivity contribution is 5.72. The van der Waals surface area contributed by atoms with Crippen LogP contribution < -0.4 is 5.32 Å². The van der Waals surface area contributed by atoms with Gasteiger partial charge in [-0.05, 0) is 49.9 Å². The van der Waals surface area contributed by atoms with Crippen molar-refractivity contribution in [3.05, 3.63) is 66.6 Å². The quantitative estimate of drug-likeness (QED) is 0.649. The first-order valence-electron chi connectivity index (χ1n) is 10.1. The van der Waals surface area contributed by atoms with E-state index < -0.39 is 0 Å². The van der Waals surface area contributed by atoms with E-state index in [-0.39, 0.29) is 11.9 Å². The molecule has 0 spiro atoms. The zero-order valence-electron chi connectivity index (χ0n) is 16.6. The van der Waals surface area contributed by atoms with Crippen LogP contribution in [0.2, 0.25) is 0 Å². The summed E-state index contributed by atoms with van der Waals surface area (Å²) < 4.78 is 6.82. The first-order chi connectivity index (χ1) is 14.2. The summed E-state index contributed by atoms with van der Waals surface area (Å²) in [6.07, 6.45) is 9.41. The number of para-hydroxylation sites is 1. The maximum Gasteiger partial charge on any atom is 0.308 e. The Morgan fingerprint density at radius 2 is 1.83 bits per heavy atom. The van der Waals surface area contributed by atoms with Crippen LogP contribution in [0.3, 0.4) is 0 Å². The average Bonchev–Trinajstić information content (AvgIpc) is 3.23. The average molecular weight is 390 g/mol. The smallest absolute Gasteiger partial charge is 0.308 e. The molecule has 1 aromatic carbocycles. The van der Waals surface area contributed by atoms with E-state index >= 15 is 0 Å². The molecule has 1 aliphatic rings. The molecule has 150 valence electrons. The third-order valence-corrected chi connectivity index (χ3v) is 5.61. The van der Waals surface area contributed by atoms with Crippen LogP contribution in [-0.2, 0) is 16.1 Å². The van der Waals surface area contributed by atoms with Gasteiger partial charge < -0.3 is 10.1 Å². The van der Waals surface area contributed by atoms with E-state index in [2.05, 4.69) is 28.6 Å². The van der Waals surface area contributed by atoms with Crippen LogP contribution in [0, 0.1) is 5.92 Å². The molecule has 4 rings (SSSR count). The van der Waals surface area contributed by atoms with Gasteiger partial charge in [-0.2, -0.15) is 5.10 Å². The minimum atomic E-state index is -0.0763. The van der Waals surface area contributed by atoms with Crippen molar-refractivity contribution in [3.8, 4) is 16.9 Å². The maximum absolute atomic E-state index is 11.7. The molecule has 1 aliphatic carbocycles. The van der Waals surface area contributed by atoms with Crippen molar-refractivity contribution in [1.82, 2.24) is 20.1 Å². The zero-order chi connectivity index (χ0) is 20.1. The number of esters is 1. The Balaban J connectivity index is 1.49. The number of nitrogens with one attached hydrogen (secondary N) is 1. The lowest BCUT2D eigenvalue weighted by Gasteiger charge is -2.27. The predicted octanol–water partition coefficient (Wildman–Crippen LogP) is 3.76. The second kappa shape index (κ2) is 9.01. The van der Waals surface area contributed by atoms with Crippen molar-refractivity contribution < 1.29 is 9.53 Å². The number of methoxy groups -OCH3 is 1. The van der Waals surface area contributed by atoms with Gasteiger partial charge in [-0.15, -0.1) is 0 Å². The number of pyridine rings is 1. The van der Waals surface area contributed by atoms with Gasteiger partial charge in [0.1, 0.15) is 0 Å². The lowest BCUT2D eigenvalue weighted by Crippen LogP contribution is -2.34. The summed E-state index contributed by atoms with van der Waals surface area (Å²) in [5.41, 5.74) is 4.20. The van der Waals surface area contributed by atoms with Gasteiger partial charge in [0.15, 0.2) is 0 Å². The Labute approximate surface area is 170 Å². The number of nitrogens with zero attached hydrogens (tertiary/aromatic N) is 3. The predicted molar refractivity (Wildman–Crippen MR) is 111 cm³/mol. The van der Waals surface area contributed by atoms with Crippen LogP contribution in [-0.4, -0.2) is 33.9 Å². The molecule has 3 aromatic rings. The highest BCUT2D eigenvalue weighted by Gasteiger charge is 2.26. The summed E-state index contributed by atoms with van der Waals surface area (Å²) in [5.74, 6) is -0.0289. The number of hydrogen-bond acceptors (Lipinski definition) is 5. The van der Waals surface area contributed by atoms with Gasteiger partial charge in [0.2, 0.25) is 0 Å². The molecule has 1 saturated carbocycles. The molecule has 2 aromatic heterocycles. The van der Waals surface area contributed by atoms with Crippen LogP contribution in [0.1, 0.15) is 31.2 Å². The molecule has 0 aliphatic heterocycles.